The molecule has 0 radical (unpaired) electrons. The van der Waals surface area contributed by atoms with Gasteiger partial charge in [-0.05, 0) is 56.2 Å². The first-order chi connectivity index (χ1) is 17.3. The van der Waals surface area contributed by atoms with Gasteiger partial charge in [0.15, 0.2) is 5.96 Å². The summed E-state index contributed by atoms with van der Waals surface area (Å²) in [4.78, 5) is 53.4. The number of carbonyl (C=O) groups excluding carboxylic acids is 3. The number of aliphatic carboxylic acids is 1. The van der Waals surface area contributed by atoms with Crippen LogP contribution >= 0.6 is 0 Å². The Labute approximate surface area is 216 Å². The summed E-state index contributed by atoms with van der Waals surface area (Å²) in [6, 6.07) is 2.11. The van der Waals surface area contributed by atoms with Crippen molar-refractivity contribution in [2.45, 2.75) is 70.6 Å². The number of hydrogen-bond acceptors (Lipinski definition) is 7. The van der Waals surface area contributed by atoms with E-state index >= 15 is 0 Å². The van der Waals surface area contributed by atoms with E-state index in [-0.39, 0.29) is 37.0 Å². The fourth-order valence-electron chi connectivity index (χ4n) is 3.40. The maximum Gasteiger partial charge on any atom is 0.326 e. The molecule has 11 N–H and O–H groups in total. The van der Waals surface area contributed by atoms with Crippen LogP contribution in [-0.4, -0.2) is 70.6 Å². The molecule has 0 aliphatic rings. The van der Waals surface area contributed by atoms with Crippen molar-refractivity contribution < 1.29 is 29.4 Å². The summed E-state index contributed by atoms with van der Waals surface area (Å²) >= 11 is 0. The summed E-state index contributed by atoms with van der Waals surface area (Å²) < 4.78 is 0. The van der Waals surface area contributed by atoms with Crippen molar-refractivity contribution >= 4 is 29.7 Å². The van der Waals surface area contributed by atoms with Crippen LogP contribution in [-0.2, 0) is 25.6 Å². The summed E-state index contributed by atoms with van der Waals surface area (Å²) in [6.07, 6.45) is 0.896. The van der Waals surface area contributed by atoms with Gasteiger partial charge in [-0.3, -0.25) is 19.4 Å². The number of aromatic hydroxyl groups is 1. The van der Waals surface area contributed by atoms with Crippen LogP contribution in [0.25, 0.3) is 0 Å². The Balaban J connectivity index is 2.74. The minimum Gasteiger partial charge on any atom is -0.508 e. The lowest BCUT2D eigenvalue weighted by Crippen LogP contribution is -2.56. The van der Waals surface area contributed by atoms with Gasteiger partial charge in [0.25, 0.3) is 0 Å². The summed E-state index contributed by atoms with van der Waals surface area (Å²) in [7, 11) is 0. The van der Waals surface area contributed by atoms with Gasteiger partial charge in [-0.25, -0.2) is 4.79 Å². The van der Waals surface area contributed by atoms with Gasteiger partial charge in [0.2, 0.25) is 17.7 Å². The van der Waals surface area contributed by atoms with Crippen molar-refractivity contribution in [3.63, 3.8) is 0 Å². The normalized spacial score (nSPS) is 14.1. The summed E-state index contributed by atoms with van der Waals surface area (Å²) in [5.74, 6) is -3.05. The fraction of sp³-hybridized carbons (Fsp3) is 0.542. The lowest BCUT2D eigenvalue weighted by atomic mass is 10.0. The average Bonchev–Trinajstić information content (AvgIpc) is 2.81. The Hall–Kier alpha value is -3.87. The molecule has 0 spiro atoms. The van der Waals surface area contributed by atoms with Crippen molar-refractivity contribution in [3.05, 3.63) is 29.8 Å². The van der Waals surface area contributed by atoms with E-state index in [2.05, 4.69) is 20.9 Å². The van der Waals surface area contributed by atoms with Crippen molar-refractivity contribution in [2.75, 3.05) is 6.54 Å². The molecule has 1 rings (SSSR count). The molecule has 4 atom stereocenters. The first-order valence-corrected chi connectivity index (χ1v) is 12.0. The molecule has 0 aliphatic carbocycles. The number of hydrogen-bond donors (Lipinski definition) is 8. The zero-order valence-electron chi connectivity index (χ0n) is 21.4. The molecular weight excluding hydrogens is 482 g/mol. The number of aliphatic imine (C=N–C) groups is 1. The monoisotopic (exact) mass is 521 g/mol. The third-order valence-electron chi connectivity index (χ3n) is 5.38. The fourth-order valence-corrected chi connectivity index (χ4v) is 3.40. The van der Waals surface area contributed by atoms with Gasteiger partial charge in [0.1, 0.15) is 23.9 Å². The molecule has 0 bridgehead atoms. The van der Waals surface area contributed by atoms with E-state index in [0.717, 1.165) is 5.56 Å². The van der Waals surface area contributed by atoms with Crippen molar-refractivity contribution in [3.8, 4) is 5.75 Å². The van der Waals surface area contributed by atoms with E-state index in [0.29, 0.717) is 12.8 Å². The number of nitrogens with one attached hydrogen (secondary N) is 3. The number of phenolic OH excluding ortho intramolecular Hbond substituents is 1. The SMILES string of the molecule is CC(C)CC(NC(=O)C(N)Cc1ccc(O)cc1)C(=O)NC(C)C(=O)NC(CCCN=C(N)N)C(=O)O. The number of carboxylic acids is 1. The van der Waals surface area contributed by atoms with Crippen LogP contribution in [0.1, 0.15) is 45.6 Å². The van der Waals surface area contributed by atoms with E-state index in [1.165, 1.54) is 19.1 Å². The van der Waals surface area contributed by atoms with Gasteiger partial charge in [-0.2, -0.15) is 0 Å². The molecule has 0 heterocycles. The van der Waals surface area contributed by atoms with E-state index in [9.17, 15) is 29.4 Å². The molecule has 0 aliphatic heterocycles. The average molecular weight is 522 g/mol. The van der Waals surface area contributed by atoms with Crippen LogP contribution in [0.5, 0.6) is 5.75 Å². The van der Waals surface area contributed by atoms with Gasteiger partial charge < -0.3 is 43.4 Å². The molecule has 0 fully saturated rings. The maximum absolute atomic E-state index is 12.9. The highest BCUT2D eigenvalue weighted by Gasteiger charge is 2.28. The molecule has 37 heavy (non-hydrogen) atoms. The number of guanidine groups is 1. The molecule has 0 aromatic heterocycles. The quantitative estimate of drug-likeness (QED) is 0.0794. The molecule has 4 unspecified atom stereocenters. The third-order valence-corrected chi connectivity index (χ3v) is 5.38. The van der Waals surface area contributed by atoms with Gasteiger partial charge >= 0.3 is 5.97 Å². The van der Waals surface area contributed by atoms with Crippen LogP contribution in [0.15, 0.2) is 29.3 Å². The van der Waals surface area contributed by atoms with Gasteiger partial charge in [0, 0.05) is 6.54 Å². The number of carboxylic acid groups (broad SMARTS) is 1. The summed E-state index contributed by atoms with van der Waals surface area (Å²) in [5.41, 5.74) is 17.2. The Morgan fingerprint density at radius 1 is 0.919 bits per heavy atom. The topological polar surface area (TPSA) is 235 Å². The Morgan fingerprint density at radius 3 is 2.05 bits per heavy atom. The minimum atomic E-state index is -1.23. The van der Waals surface area contributed by atoms with Gasteiger partial charge in [-0.1, -0.05) is 26.0 Å². The smallest absolute Gasteiger partial charge is 0.326 e. The first-order valence-electron chi connectivity index (χ1n) is 12.0. The summed E-state index contributed by atoms with van der Waals surface area (Å²) in [5, 5.41) is 26.3. The van der Waals surface area contributed by atoms with Crippen LogP contribution in [0.2, 0.25) is 0 Å². The highest BCUT2D eigenvalue weighted by molar-refractivity contribution is 5.94. The van der Waals surface area contributed by atoms with Gasteiger partial charge in [-0.15, -0.1) is 0 Å². The number of nitrogens with two attached hydrogens (primary N) is 3. The van der Waals surface area contributed by atoms with E-state index in [1.54, 1.807) is 12.1 Å². The predicted octanol–water partition coefficient (Wildman–Crippen LogP) is -1.08. The molecule has 1 aromatic rings. The molecule has 1 aromatic carbocycles. The van der Waals surface area contributed by atoms with Gasteiger partial charge in [0.05, 0.1) is 6.04 Å². The van der Waals surface area contributed by atoms with Crippen molar-refractivity contribution in [1.29, 1.82) is 0 Å². The zero-order chi connectivity index (χ0) is 28.1. The molecular formula is C24H39N7O6. The number of phenols is 1. The third kappa shape index (κ3) is 12.1. The molecule has 13 nitrogen and oxygen atoms in total. The van der Waals surface area contributed by atoms with Crippen LogP contribution in [0, 0.1) is 5.92 Å². The molecule has 13 heteroatoms. The van der Waals surface area contributed by atoms with E-state index in [4.69, 9.17) is 17.2 Å². The summed E-state index contributed by atoms with van der Waals surface area (Å²) in [6.45, 7) is 5.37. The van der Waals surface area contributed by atoms with Crippen LogP contribution in [0.3, 0.4) is 0 Å². The van der Waals surface area contributed by atoms with Crippen molar-refractivity contribution in [1.82, 2.24) is 16.0 Å². The molecule has 3 amide bonds. The second-order valence-electron chi connectivity index (χ2n) is 9.25. The number of nitrogens with zero attached hydrogens (tertiary/aromatic N) is 1. The minimum absolute atomic E-state index is 0.0371. The lowest BCUT2D eigenvalue weighted by Gasteiger charge is -2.24. The van der Waals surface area contributed by atoms with Crippen LogP contribution < -0.4 is 33.2 Å². The lowest BCUT2D eigenvalue weighted by molar-refractivity contribution is -0.142. The highest BCUT2D eigenvalue weighted by Crippen LogP contribution is 2.12. The zero-order valence-corrected chi connectivity index (χ0v) is 21.4. The second kappa shape index (κ2) is 15.3. The number of rotatable bonds is 15. The molecule has 206 valence electrons. The van der Waals surface area contributed by atoms with E-state index in [1.807, 2.05) is 13.8 Å². The Bertz CT molecular complexity index is 947. The maximum atomic E-state index is 12.9. The predicted molar refractivity (Wildman–Crippen MR) is 138 cm³/mol. The highest BCUT2D eigenvalue weighted by atomic mass is 16.4. The van der Waals surface area contributed by atoms with E-state index < -0.39 is 47.9 Å². The molecule has 0 saturated heterocycles. The Kier molecular flexibility index (Phi) is 12.9. The second-order valence-corrected chi connectivity index (χ2v) is 9.25. The molecule has 0 saturated carbocycles. The van der Waals surface area contributed by atoms with Crippen LogP contribution in [0.4, 0.5) is 0 Å². The number of benzene rings is 1. The number of carbonyl (C=O) groups is 4. The first kappa shape index (κ1) is 31.2. The largest absolute Gasteiger partial charge is 0.508 e. The van der Waals surface area contributed by atoms with Crippen molar-refractivity contribution in [2.24, 2.45) is 28.1 Å². The standard InChI is InChI=1S/C24H39N7O6/c1-13(2)11-19(31-21(34)17(25)12-15-6-8-16(32)9-7-15)22(35)29-14(3)20(33)30-18(23(36)37)5-4-10-28-24(26)27/h6-9,13-14,17-19,32H,4-5,10-12,25H2,1-3H3,(H,29,35)(H,30,33)(H,31,34)(H,36,37)(H4,26,27,28). The number of amides is 3. The Morgan fingerprint density at radius 2 is 1.51 bits per heavy atom.